The summed E-state index contributed by atoms with van der Waals surface area (Å²) in [4.78, 5) is 0. The highest BCUT2D eigenvalue weighted by Crippen LogP contribution is 2.35. The summed E-state index contributed by atoms with van der Waals surface area (Å²) in [5.74, 6) is 0.704. The molecule has 20 heavy (non-hydrogen) atoms. The lowest BCUT2D eigenvalue weighted by Gasteiger charge is -2.29. The van der Waals surface area contributed by atoms with E-state index in [-0.39, 0.29) is 0 Å². The molecule has 114 valence electrons. The predicted octanol–water partition coefficient (Wildman–Crippen LogP) is 3.98. The molecular weight excluding hydrogens is 316 g/mol. The van der Waals surface area contributed by atoms with Crippen LogP contribution in [0.25, 0.3) is 0 Å². The summed E-state index contributed by atoms with van der Waals surface area (Å²) < 4.78 is 2.83. The van der Waals surface area contributed by atoms with Crippen LogP contribution in [0.2, 0.25) is 0 Å². The van der Waals surface area contributed by atoms with Gasteiger partial charge in [-0.15, -0.1) is 5.10 Å². The highest BCUT2D eigenvalue weighted by Gasteiger charge is 2.28. The zero-order chi connectivity index (χ0) is 14.4. The third kappa shape index (κ3) is 4.04. The zero-order valence-corrected chi connectivity index (χ0v) is 14.3. The molecule has 1 unspecified atom stereocenters. The largest absolute Gasteiger partial charge is 0.308 e. The highest BCUT2D eigenvalue weighted by atomic mass is 79.9. The fourth-order valence-electron chi connectivity index (χ4n) is 3.28. The Labute approximate surface area is 130 Å². The highest BCUT2D eigenvalue weighted by molar-refractivity contribution is 9.10. The van der Waals surface area contributed by atoms with Crippen molar-refractivity contribution in [2.45, 2.75) is 64.3 Å². The van der Waals surface area contributed by atoms with Gasteiger partial charge in [-0.05, 0) is 47.7 Å². The van der Waals surface area contributed by atoms with Crippen molar-refractivity contribution in [3.05, 3.63) is 10.3 Å². The van der Waals surface area contributed by atoms with E-state index in [1.54, 1.807) is 0 Å². The third-order valence-electron chi connectivity index (χ3n) is 4.36. The first kappa shape index (κ1) is 16.0. The van der Waals surface area contributed by atoms with Crippen LogP contribution in [-0.4, -0.2) is 21.5 Å². The Hall–Kier alpha value is -0.420. The van der Waals surface area contributed by atoms with E-state index < -0.39 is 0 Å². The summed E-state index contributed by atoms with van der Waals surface area (Å²) in [6, 6.07) is 0.377. The summed E-state index contributed by atoms with van der Waals surface area (Å²) in [6.45, 7) is 3.28. The van der Waals surface area contributed by atoms with Crippen molar-refractivity contribution < 1.29 is 0 Å². The van der Waals surface area contributed by atoms with Gasteiger partial charge in [0.1, 0.15) is 0 Å². The summed E-state index contributed by atoms with van der Waals surface area (Å²) in [7, 11) is 2.00. The summed E-state index contributed by atoms with van der Waals surface area (Å²) >= 11 is 3.58. The van der Waals surface area contributed by atoms with E-state index in [4.69, 9.17) is 0 Å². The quantitative estimate of drug-likeness (QED) is 0.879. The molecule has 0 aliphatic heterocycles. The van der Waals surface area contributed by atoms with Gasteiger partial charge in [-0.2, -0.15) is 0 Å². The first-order valence-electron chi connectivity index (χ1n) is 8.02. The first-order valence-corrected chi connectivity index (χ1v) is 8.81. The average Bonchev–Trinajstić information content (AvgIpc) is 2.72. The molecule has 1 aliphatic rings. The van der Waals surface area contributed by atoms with Gasteiger partial charge in [0, 0.05) is 7.05 Å². The smallest absolute Gasteiger partial charge is 0.153 e. The molecule has 1 N–H and O–H groups in total. The van der Waals surface area contributed by atoms with Crippen molar-refractivity contribution in [2.24, 2.45) is 13.0 Å². The van der Waals surface area contributed by atoms with Gasteiger partial charge in [-0.25, -0.2) is 4.68 Å². The second-order valence-corrected chi connectivity index (χ2v) is 6.68. The van der Waals surface area contributed by atoms with Crippen LogP contribution in [0.1, 0.15) is 70.0 Å². The van der Waals surface area contributed by atoms with E-state index in [0.29, 0.717) is 12.0 Å². The Morgan fingerprint density at radius 3 is 2.45 bits per heavy atom. The lowest BCUT2D eigenvalue weighted by atomic mass is 9.84. The van der Waals surface area contributed by atoms with Crippen LogP contribution in [0.4, 0.5) is 0 Å². The molecule has 4 nitrogen and oxygen atoms in total. The maximum atomic E-state index is 4.17. The number of hydrogen-bond acceptors (Lipinski definition) is 3. The molecule has 1 aromatic heterocycles. The molecule has 1 fully saturated rings. The Kier molecular flexibility index (Phi) is 6.49. The van der Waals surface area contributed by atoms with Crippen LogP contribution in [0.15, 0.2) is 4.60 Å². The average molecular weight is 343 g/mol. The Bertz CT molecular complexity index is 377. The van der Waals surface area contributed by atoms with Crippen molar-refractivity contribution in [3.8, 4) is 0 Å². The molecule has 5 heteroatoms. The Morgan fingerprint density at radius 2 is 1.90 bits per heavy atom. The number of aryl methyl sites for hydroxylation is 1. The van der Waals surface area contributed by atoms with Crippen molar-refractivity contribution in [1.82, 2.24) is 20.3 Å². The van der Waals surface area contributed by atoms with Gasteiger partial charge in [0.2, 0.25) is 0 Å². The number of nitrogens with one attached hydrogen (secondary N) is 1. The molecule has 0 radical (unpaired) electrons. The first-order chi connectivity index (χ1) is 9.74. The molecule has 0 saturated heterocycles. The molecule has 1 saturated carbocycles. The van der Waals surface area contributed by atoms with E-state index in [1.165, 1.54) is 50.6 Å². The van der Waals surface area contributed by atoms with E-state index in [9.17, 15) is 0 Å². The maximum Gasteiger partial charge on any atom is 0.153 e. The van der Waals surface area contributed by atoms with E-state index in [2.05, 4.69) is 38.5 Å². The van der Waals surface area contributed by atoms with Crippen molar-refractivity contribution in [1.29, 1.82) is 0 Å². The number of rotatable bonds is 5. The normalized spacial score (nSPS) is 19.6. The molecule has 0 amide bonds. The maximum absolute atomic E-state index is 4.17. The number of halogens is 1. The number of hydrogen-bond donors (Lipinski definition) is 1. The molecular formula is C15H27BrN4. The molecule has 2 rings (SSSR count). The Morgan fingerprint density at radius 1 is 1.25 bits per heavy atom. The lowest BCUT2D eigenvalue weighted by molar-refractivity contribution is 0.278. The van der Waals surface area contributed by atoms with Gasteiger partial charge in [0.25, 0.3) is 0 Å². The monoisotopic (exact) mass is 342 g/mol. The summed E-state index contributed by atoms with van der Waals surface area (Å²) in [5, 5.41) is 12.1. The fourth-order valence-corrected chi connectivity index (χ4v) is 3.85. The second kappa shape index (κ2) is 8.13. The molecule has 0 aromatic carbocycles. The van der Waals surface area contributed by atoms with Crippen LogP contribution >= 0.6 is 15.9 Å². The van der Waals surface area contributed by atoms with Gasteiger partial charge < -0.3 is 5.32 Å². The van der Waals surface area contributed by atoms with Gasteiger partial charge >= 0.3 is 0 Å². The predicted molar refractivity (Wildman–Crippen MR) is 85.5 cm³/mol. The summed E-state index contributed by atoms with van der Waals surface area (Å²) in [5.41, 5.74) is 1.21. The standard InChI is InChI=1S/C15H27BrN4/c1-3-11-17-13(14-15(16)18-19-20(14)2)12-9-7-5-4-6-8-10-12/h12-13,17H,3-11H2,1-2H3. The molecule has 1 aliphatic carbocycles. The van der Waals surface area contributed by atoms with Crippen LogP contribution < -0.4 is 5.32 Å². The minimum atomic E-state index is 0.377. The van der Waals surface area contributed by atoms with Crippen molar-refractivity contribution in [2.75, 3.05) is 6.54 Å². The van der Waals surface area contributed by atoms with Gasteiger partial charge in [0.15, 0.2) is 4.60 Å². The second-order valence-electron chi connectivity index (χ2n) is 5.93. The van der Waals surface area contributed by atoms with E-state index >= 15 is 0 Å². The summed E-state index contributed by atoms with van der Waals surface area (Å²) in [6.07, 6.45) is 10.7. The van der Waals surface area contributed by atoms with Crippen LogP contribution in [0.3, 0.4) is 0 Å². The molecule has 0 spiro atoms. The molecule has 0 bridgehead atoms. The van der Waals surface area contributed by atoms with Gasteiger partial charge in [-0.1, -0.05) is 44.2 Å². The van der Waals surface area contributed by atoms with Crippen LogP contribution in [-0.2, 0) is 7.05 Å². The van der Waals surface area contributed by atoms with Crippen LogP contribution in [0.5, 0.6) is 0 Å². The topological polar surface area (TPSA) is 42.7 Å². The van der Waals surface area contributed by atoms with Gasteiger partial charge in [-0.3, -0.25) is 0 Å². The number of nitrogens with zero attached hydrogens (tertiary/aromatic N) is 3. The zero-order valence-electron chi connectivity index (χ0n) is 12.7. The molecule has 1 atom stereocenters. The minimum absolute atomic E-state index is 0.377. The lowest BCUT2D eigenvalue weighted by Crippen LogP contribution is -2.31. The fraction of sp³-hybridized carbons (Fsp3) is 0.867. The molecule has 1 aromatic rings. The van der Waals surface area contributed by atoms with Crippen molar-refractivity contribution >= 4 is 15.9 Å². The van der Waals surface area contributed by atoms with E-state index in [0.717, 1.165) is 17.6 Å². The Balaban J connectivity index is 2.17. The SMILES string of the molecule is CCCNC(c1c(Br)nnn1C)C1CCCCCCC1. The minimum Gasteiger partial charge on any atom is -0.308 e. The van der Waals surface area contributed by atoms with E-state index in [1.807, 2.05) is 11.7 Å². The third-order valence-corrected chi connectivity index (χ3v) is 4.92. The number of aromatic nitrogens is 3. The van der Waals surface area contributed by atoms with Crippen molar-refractivity contribution in [3.63, 3.8) is 0 Å². The molecule has 1 heterocycles. The van der Waals surface area contributed by atoms with Crippen LogP contribution in [0, 0.1) is 5.92 Å². The van der Waals surface area contributed by atoms with Gasteiger partial charge in [0.05, 0.1) is 11.7 Å².